The van der Waals surface area contributed by atoms with E-state index >= 15 is 0 Å². The number of pyridine rings is 1. The van der Waals surface area contributed by atoms with Gasteiger partial charge in [-0.2, -0.15) is 0 Å². The molecule has 20 heavy (non-hydrogen) atoms. The summed E-state index contributed by atoms with van der Waals surface area (Å²) in [7, 11) is 0. The van der Waals surface area contributed by atoms with Gasteiger partial charge >= 0.3 is 0 Å². The number of ketones is 1. The van der Waals surface area contributed by atoms with E-state index in [1.54, 1.807) is 37.5 Å². The molecule has 0 unspecified atom stereocenters. The van der Waals surface area contributed by atoms with E-state index in [9.17, 15) is 14.0 Å². The lowest BCUT2D eigenvalue weighted by atomic mass is 10.1. The number of nitrogens with zero attached hydrogens (tertiary/aromatic N) is 2. The number of hydrogen-bond donors (Lipinski definition) is 0. The van der Waals surface area contributed by atoms with Crippen molar-refractivity contribution in [3.05, 3.63) is 59.2 Å². The number of benzene rings is 1. The summed E-state index contributed by atoms with van der Waals surface area (Å²) < 4.78 is 14.1. The first-order valence-corrected chi connectivity index (χ1v) is 6.13. The zero-order valence-electron chi connectivity index (χ0n) is 10.8. The lowest BCUT2D eigenvalue weighted by Gasteiger charge is -2.17. The van der Waals surface area contributed by atoms with Crippen LogP contribution in [-0.2, 0) is 11.3 Å². The Balaban J connectivity index is 2.07. The van der Waals surface area contributed by atoms with Crippen LogP contribution < -0.4 is 4.90 Å². The molecule has 5 heteroatoms. The Hall–Kier alpha value is -2.56. The maximum atomic E-state index is 14.1. The fourth-order valence-corrected chi connectivity index (χ4v) is 2.35. The predicted octanol–water partition coefficient (Wildman–Crippen LogP) is 2.26. The molecular formula is C15H11FN2O2. The Labute approximate surface area is 114 Å². The van der Waals surface area contributed by atoms with Crippen LogP contribution >= 0.6 is 0 Å². The monoisotopic (exact) mass is 270 g/mol. The lowest BCUT2D eigenvalue weighted by molar-refractivity contribution is -0.114. The maximum absolute atomic E-state index is 14.1. The number of Topliss-reactive ketones (excluding diaryl/α,β-unsaturated/α-hetero) is 1. The summed E-state index contributed by atoms with van der Waals surface area (Å²) in [4.78, 5) is 29.1. The highest BCUT2D eigenvalue weighted by molar-refractivity contribution is 6.52. The van der Waals surface area contributed by atoms with Gasteiger partial charge in [-0.15, -0.1) is 0 Å². The summed E-state index contributed by atoms with van der Waals surface area (Å²) in [6.45, 7) is 1.82. The molecule has 2 heterocycles. The highest BCUT2D eigenvalue weighted by Crippen LogP contribution is 2.33. The third kappa shape index (κ3) is 1.87. The summed E-state index contributed by atoms with van der Waals surface area (Å²) in [6.07, 6.45) is 3.19. The highest BCUT2D eigenvalue weighted by atomic mass is 19.1. The van der Waals surface area contributed by atoms with E-state index in [1.165, 1.54) is 11.0 Å². The van der Waals surface area contributed by atoms with Crippen LogP contribution in [0.2, 0.25) is 0 Å². The van der Waals surface area contributed by atoms with Crippen molar-refractivity contribution in [1.29, 1.82) is 0 Å². The number of fused-ring (bicyclic) bond motifs is 1. The SMILES string of the molecule is Cc1cc(F)c2c(c1)C(=O)C(=O)N2Cc1cccnc1. The lowest BCUT2D eigenvalue weighted by Crippen LogP contribution is -2.29. The molecule has 1 aliphatic heterocycles. The Morgan fingerprint density at radius 3 is 2.80 bits per heavy atom. The number of rotatable bonds is 2. The van der Waals surface area contributed by atoms with Crippen LogP contribution in [0.15, 0.2) is 36.7 Å². The first-order chi connectivity index (χ1) is 9.58. The van der Waals surface area contributed by atoms with E-state index in [1.807, 2.05) is 0 Å². The van der Waals surface area contributed by atoms with Gasteiger partial charge in [0.25, 0.3) is 11.7 Å². The molecule has 0 fully saturated rings. The first-order valence-electron chi connectivity index (χ1n) is 6.13. The van der Waals surface area contributed by atoms with Gasteiger partial charge in [-0.25, -0.2) is 4.39 Å². The number of carbonyl (C=O) groups excluding carboxylic acids is 2. The number of hydrogen-bond acceptors (Lipinski definition) is 3. The van der Waals surface area contributed by atoms with Crippen LogP contribution in [-0.4, -0.2) is 16.7 Å². The van der Waals surface area contributed by atoms with Gasteiger partial charge in [0.2, 0.25) is 0 Å². The summed E-state index contributed by atoms with van der Waals surface area (Å²) in [5.41, 5.74) is 1.55. The number of halogens is 1. The summed E-state index contributed by atoms with van der Waals surface area (Å²) in [5.74, 6) is -1.91. The quantitative estimate of drug-likeness (QED) is 0.786. The van der Waals surface area contributed by atoms with Gasteiger partial charge < -0.3 is 0 Å². The molecule has 0 atom stereocenters. The predicted molar refractivity (Wildman–Crippen MR) is 70.9 cm³/mol. The number of anilines is 1. The molecule has 3 rings (SSSR count). The minimum absolute atomic E-state index is 0.0643. The molecular weight excluding hydrogens is 259 g/mol. The molecule has 100 valence electrons. The van der Waals surface area contributed by atoms with Gasteiger partial charge in [0.05, 0.1) is 17.8 Å². The molecule has 4 nitrogen and oxygen atoms in total. The number of carbonyl (C=O) groups is 2. The van der Waals surface area contributed by atoms with Crippen LogP contribution in [0.4, 0.5) is 10.1 Å². The number of amides is 1. The molecule has 0 N–H and O–H groups in total. The summed E-state index contributed by atoms with van der Waals surface area (Å²) in [6, 6.07) is 6.36. The molecule has 0 saturated heterocycles. The van der Waals surface area contributed by atoms with Crippen LogP contribution in [0.1, 0.15) is 21.5 Å². The molecule has 1 aromatic heterocycles. The molecule has 1 aliphatic rings. The molecule has 0 radical (unpaired) electrons. The van der Waals surface area contributed by atoms with Crippen molar-refractivity contribution in [1.82, 2.24) is 4.98 Å². The van der Waals surface area contributed by atoms with Gasteiger partial charge in [0, 0.05) is 12.4 Å². The van der Waals surface area contributed by atoms with Gasteiger partial charge in [0.15, 0.2) is 0 Å². The minimum Gasteiger partial charge on any atom is -0.297 e. The van der Waals surface area contributed by atoms with Gasteiger partial charge in [-0.05, 0) is 36.2 Å². The third-order valence-electron chi connectivity index (χ3n) is 3.23. The molecule has 0 saturated carbocycles. The number of aromatic nitrogens is 1. The van der Waals surface area contributed by atoms with Crippen molar-refractivity contribution in [3.8, 4) is 0 Å². The first kappa shape index (κ1) is 12.5. The van der Waals surface area contributed by atoms with Gasteiger partial charge in [-0.1, -0.05) is 6.07 Å². The molecule has 0 bridgehead atoms. The van der Waals surface area contributed by atoms with Gasteiger partial charge in [-0.3, -0.25) is 19.5 Å². The van der Waals surface area contributed by atoms with Gasteiger partial charge in [0.1, 0.15) is 5.82 Å². The second-order valence-electron chi connectivity index (χ2n) is 4.72. The zero-order chi connectivity index (χ0) is 14.3. The molecule has 1 amide bonds. The Morgan fingerprint density at radius 1 is 1.30 bits per heavy atom. The minimum atomic E-state index is -0.701. The van der Waals surface area contributed by atoms with Crippen molar-refractivity contribution >= 4 is 17.4 Å². The van der Waals surface area contributed by atoms with E-state index in [2.05, 4.69) is 4.98 Å². The van der Waals surface area contributed by atoms with E-state index in [0.717, 1.165) is 5.56 Å². The van der Waals surface area contributed by atoms with Crippen LogP contribution in [0.5, 0.6) is 0 Å². The van der Waals surface area contributed by atoms with E-state index in [0.29, 0.717) is 5.56 Å². The topological polar surface area (TPSA) is 50.3 Å². The maximum Gasteiger partial charge on any atom is 0.299 e. The molecule has 1 aromatic carbocycles. The average molecular weight is 270 g/mol. The highest BCUT2D eigenvalue weighted by Gasteiger charge is 2.38. The van der Waals surface area contributed by atoms with Crippen molar-refractivity contribution < 1.29 is 14.0 Å². The normalized spacial score (nSPS) is 13.8. The third-order valence-corrected chi connectivity index (χ3v) is 3.23. The number of aryl methyl sites for hydroxylation is 1. The standard InChI is InChI=1S/C15H11FN2O2/c1-9-5-11-13(12(16)6-9)18(15(20)14(11)19)8-10-3-2-4-17-7-10/h2-7H,8H2,1H3. The van der Waals surface area contributed by atoms with E-state index in [-0.39, 0.29) is 17.8 Å². The molecule has 2 aromatic rings. The van der Waals surface area contributed by atoms with Crippen LogP contribution in [0.3, 0.4) is 0 Å². The Kier molecular flexibility index (Phi) is 2.82. The Bertz CT molecular complexity index is 713. The molecule has 0 aliphatic carbocycles. The second-order valence-corrected chi connectivity index (χ2v) is 4.72. The van der Waals surface area contributed by atoms with Crippen molar-refractivity contribution in [3.63, 3.8) is 0 Å². The van der Waals surface area contributed by atoms with E-state index < -0.39 is 17.5 Å². The fourth-order valence-electron chi connectivity index (χ4n) is 2.35. The summed E-state index contributed by atoms with van der Waals surface area (Å²) >= 11 is 0. The van der Waals surface area contributed by atoms with E-state index in [4.69, 9.17) is 0 Å². The second kappa shape index (κ2) is 4.52. The molecule has 0 spiro atoms. The van der Waals surface area contributed by atoms with Crippen molar-refractivity contribution in [2.45, 2.75) is 13.5 Å². The Morgan fingerprint density at radius 2 is 2.10 bits per heavy atom. The van der Waals surface area contributed by atoms with Crippen molar-refractivity contribution in [2.75, 3.05) is 4.90 Å². The fraction of sp³-hybridized carbons (Fsp3) is 0.133. The zero-order valence-corrected chi connectivity index (χ0v) is 10.8. The smallest absolute Gasteiger partial charge is 0.297 e. The largest absolute Gasteiger partial charge is 0.299 e. The average Bonchev–Trinajstić information content (AvgIpc) is 2.65. The van der Waals surface area contributed by atoms with Crippen LogP contribution in [0.25, 0.3) is 0 Å². The van der Waals surface area contributed by atoms with Crippen molar-refractivity contribution in [2.24, 2.45) is 0 Å². The summed E-state index contributed by atoms with van der Waals surface area (Å²) in [5, 5.41) is 0. The van der Waals surface area contributed by atoms with Crippen LogP contribution in [0, 0.1) is 12.7 Å².